The van der Waals surface area contributed by atoms with E-state index in [1.54, 1.807) is 26.1 Å². The molecule has 1 aromatic carbocycles. The van der Waals surface area contributed by atoms with Crippen LogP contribution in [0.15, 0.2) is 29.3 Å². The van der Waals surface area contributed by atoms with Crippen molar-refractivity contribution in [2.75, 3.05) is 61.2 Å². The third-order valence-corrected chi connectivity index (χ3v) is 4.64. The summed E-state index contributed by atoms with van der Waals surface area (Å²) in [5.41, 5.74) is 1.81. The SMILES string of the molecule is CN=C(NCc1ccc(C(=O)N(C)C)cc1)N1CCC(COCCOC)C1. The topological polar surface area (TPSA) is 66.4 Å². The second-order valence-corrected chi connectivity index (χ2v) is 6.97. The Labute approximate surface area is 162 Å². The Morgan fingerprint density at radius 3 is 2.67 bits per heavy atom. The lowest BCUT2D eigenvalue weighted by atomic mass is 10.1. The summed E-state index contributed by atoms with van der Waals surface area (Å²) in [6.07, 6.45) is 1.11. The Bertz CT molecular complexity index is 616. The molecule has 1 heterocycles. The molecule has 0 bridgehead atoms. The van der Waals surface area contributed by atoms with E-state index in [1.165, 1.54) is 0 Å². The number of methoxy groups -OCH3 is 1. The largest absolute Gasteiger partial charge is 0.382 e. The van der Waals surface area contributed by atoms with E-state index in [2.05, 4.69) is 15.2 Å². The average molecular weight is 377 g/mol. The van der Waals surface area contributed by atoms with Gasteiger partial charge in [-0.05, 0) is 24.1 Å². The highest BCUT2D eigenvalue weighted by molar-refractivity contribution is 5.93. The molecule has 0 spiro atoms. The molecule has 1 aliphatic heterocycles. The molecule has 0 aliphatic carbocycles. The number of hydrogen-bond acceptors (Lipinski definition) is 4. The smallest absolute Gasteiger partial charge is 0.253 e. The van der Waals surface area contributed by atoms with Crippen LogP contribution in [-0.4, -0.2) is 82.8 Å². The lowest BCUT2D eigenvalue weighted by Crippen LogP contribution is -2.39. The van der Waals surface area contributed by atoms with Crippen molar-refractivity contribution in [1.82, 2.24) is 15.1 Å². The third-order valence-electron chi connectivity index (χ3n) is 4.64. The van der Waals surface area contributed by atoms with Crippen LogP contribution in [-0.2, 0) is 16.0 Å². The molecule has 1 saturated heterocycles. The van der Waals surface area contributed by atoms with Gasteiger partial charge in [0.05, 0.1) is 19.8 Å². The zero-order chi connectivity index (χ0) is 19.6. The molecule has 150 valence electrons. The van der Waals surface area contributed by atoms with Gasteiger partial charge in [-0.3, -0.25) is 9.79 Å². The summed E-state index contributed by atoms with van der Waals surface area (Å²) in [6.45, 7) is 4.65. The molecule has 0 aromatic heterocycles. The van der Waals surface area contributed by atoms with E-state index >= 15 is 0 Å². The number of rotatable bonds is 8. The summed E-state index contributed by atoms with van der Waals surface area (Å²) in [5.74, 6) is 1.45. The maximum absolute atomic E-state index is 12.0. The van der Waals surface area contributed by atoms with Crippen LogP contribution in [0, 0.1) is 5.92 Å². The number of nitrogens with one attached hydrogen (secondary N) is 1. The highest BCUT2D eigenvalue weighted by atomic mass is 16.5. The summed E-state index contributed by atoms with van der Waals surface area (Å²) in [4.78, 5) is 20.2. The molecule has 1 aromatic rings. The maximum Gasteiger partial charge on any atom is 0.253 e. The summed E-state index contributed by atoms with van der Waals surface area (Å²) in [7, 11) is 7.01. The Morgan fingerprint density at radius 1 is 1.30 bits per heavy atom. The number of amides is 1. The van der Waals surface area contributed by atoms with Gasteiger partial charge in [-0.1, -0.05) is 12.1 Å². The Balaban J connectivity index is 1.79. The van der Waals surface area contributed by atoms with Crippen LogP contribution in [0.2, 0.25) is 0 Å². The van der Waals surface area contributed by atoms with Gasteiger partial charge in [0.15, 0.2) is 5.96 Å². The average Bonchev–Trinajstić information content (AvgIpc) is 3.14. The fourth-order valence-corrected chi connectivity index (χ4v) is 3.09. The van der Waals surface area contributed by atoms with Crippen molar-refractivity contribution in [3.05, 3.63) is 35.4 Å². The first-order valence-corrected chi connectivity index (χ1v) is 9.38. The van der Waals surface area contributed by atoms with E-state index in [1.807, 2.05) is 31.3 Å². The van der Waals surface area contributed by atoms with Gasteiger partial charge < -0.3 is 24.6 Å². The number of carbonyl (C=O) groups excluding carboxylic acids is 1. The van der Waals surface area contributed by atoms with Crippen molar-refractivity contribution in [2.24, 2.45) is 10.9 Å². The summed E-state index contributed by atoms with van der Waals surface area (Å²) in [5, 5.41) is 3.42. The number of benzene rings is 1. The lowest BCUT2D eigenvalue weighted by molar-refractivity contribution is 0.0536. The Morgan fingerprint density at radius 2 is 2.04 bits per heavy atom. The molecule has 1 fully saturated rings. The standard InChI is InChI=1S/C20H32N4O3/c1-21-20(24-10-9-17(14-24)15-27-12-11-26-4)22-13-16-5-7-18(8-6-16)19(25)23(2)3/h5-8,17H,9-15H2,1-4H3,(H,21,22). The molecular weight excluding hydrogens is 344 g/mol. The molecule has 27 heavy (non-hydrogen) atoms. The summed E-state index contributed by atoms with van der Waals surface area (Å²) in [6, 6.07) is 7.69. The van der Waals surface area contributed by atoms with Crippen molar-refractivity contribution < 1.29 is 14.3 Å². The van der Waals surface area contributed by atoms with Gasteiger partial charge in [0, 0.05) is 59.4 Å². The fourth-order valence-electron chi connectivity index (χ4n) is 3.09. The monoisotopic (exact) mass is 376 g/mol. The first-order valence-electron chi connectivity index (χ1n) is 9.38. The first-order chi connectivity index (χ1) is 13.0. The normalized spacial score (nSPS) is 17.3. The molecular formula is C20H32N4O3. The molecule has 0 radical (unpaired) electrons. The molecule has 7 nitrogen and oxygen atoms in total. The van der Waals surface area contributed by atoms with Gasteiger partial charge in [-0.2, -0.15) is 0 Å². The highest BCUT2D eigenvalue weighted by Crippen LogP contribution is 2.17. The fraction of sp³-hybridized carbons (Fsp3) is 0.600. The Hall–Kier alpha value is -2.12. The minimum absolute atomic E-state index is 0.0149. The molecule has 1 aliphatic rings. The number of guanidine groups is 1. The van der Waals surface area contributed by atoms with Crippen molar-refractivity contribution >= 4 is 11.9 Å². The minimum atomic E-state index is 0.0149. The lowest BCUT2D eigenvalue weighted by Gasteiger charge is -2.22. The van der Waals surface area contributed by atoms with Crippen LogP contribution in [0.1, 0.15) is 22.3 Å². The van der Waals surface area contributed by atoms with E-state index in [9.17, 15) is 4.79 Å². The van der Waals surface area contributed by atoms with Gasteiger partial charge in [0.25, 0.3) is 5.91 Å². The Kier molecular flexibility index (Phi) is 8.54. The molecule has 2 rings (SSSR count). The van der Waals surface area contributed by atoms with Crippen LogP contribution in [0.5, 0.6) is 0 Å². The van der Waals surface area contributed by atoms with Gasteiger partial charge in [-0.15, -0.1) is 0 Å². The zero-order valence-corrected chi connectivity index (χ0v) is 16.9. The highest BCUT2D eigenvalue weighted by Gasteiger charge is 2.24. The van der Waals surface area contributed by atoms with E-state index in [4.69, 9.17) is 9.47 Å². The van der Waals surface area contributed by atoms with Crippen LogP contribution in [0.4, 0.5) is 0 Å². The van der Waals surface area contributed by atoms with Gasteiger partial charge >= 0.3 is 0 Å². The van der Waals surface area contributed by atoms with E-state index in [-0.39, 0.29) is 5.91 Å². The predicted octanol–water partition coefficient (Wildman–Crippen LogP) is 1.45. The van der Waals surface area contributed by atoms with Crippen molar-refractivity contribution in [1.29, 1.82) is 0 Å². The predicted molar refractivity (Wildman–Crippen MR) is 107 cm³/mol. The van der Waals surface area contributed by atoms with Crippen LogP contribution in [0.3, 0.4) is 0 Å². The molecule has 7 heteroatoms. The second-order valence-electron chi connectivity index (χ2n) is 6.97. The first kappa shape index (κ1) is 21.2. The van der Waals surface area contributed by atoms with Gasteiger partial charge in [0.1, 0.15) is 0 Å². The van der Waals surface area contributed by atoms with Crippen molar-refractivity contribution in [2.45, 2.75) is 13.0 Å². The number of likely N-dealkylation sites (tertiary alicyclic amines) is 1. The number of hydrogen-bond donors (Lipinski definition) is 1. The quantitative estimate of drug-likeness (QED) is 0.423. The second kappa shape index (κ2) is 10.9. The number of nitrogens with zero attached hydrogens (tertiary/aromatic N) is 3. The molecule has 1 amide bonds. The van der Waals surface area contributed by atoms with E-state index in [0.29, 0.717) is 31.2 Å². The number of ether oxygens (including phenoxy) is 2. The summed E-state index contributed by atoms with van der Waals surface area (Å²) < 4.78 is 10.7. The minimum Gasteiger partial charge on any atom is -0.382 e. The van der Waals surface area contributed by atoms with Crippen LogP contribution < -0.4 is 5.32 Å². The van der Waals surface area contributed by atoms with E-state index in [0.717, 1.165) is 37.6 Å². The van der Waals surface area contributed by atoms with Crippen LogP contribution >= 0.6 is 0 Å². The maximum atomic E-state index is 12.0. The summed E-state index contributed by atoms with van der Waals surface area (Å²) >= 11 is 0. The molecule has 1 atom stereocenters. The van der Waals surface area contributed by atoms with Crippen molar-refractivity contribution in [3.8, 4) is 0 Å². The third kappa shape index (κ3) is 6.52. The van der Waals surface area contributed by atoms with Crippen molar-refractivity contribution in [3.63, 3.8) is 0 Å². The molecule has 1 N–H and O–H groups in total. The van der Waals surface area contributed by atoms with E-state index < -0.39 is 0 Å². The van der Waals surface area contributed by atoms with Gasteiger partial charge in [0.2, 0.25) is 0 Å². The number of aliphatic imine (C=N–C) groups is 1. The molecule has 0 saturated carbocycles. The number of carbonyl (C=O) groups is 1. The zero-order valence-electron chi connectivity index (χ0n) is 16.9. The van der Waals surface area contributed by atoms with Crippen LogP contribution in [0.25, 0.3) is 0 Å². The van der Waals surface area contributed by atoms with Gasteiger partial charge in [-0.25, -0.2) is 0 Å². The molecule has 1 unspecified atom stereocenters.